The molecule has 0 radical (unpaired) electrons. The minimum Gasteiger partial charge on any atom is -0.454 e. The Kier molecular flexibility index (Phi) is 3.85. The van der Waals surface area contributed by atoms with E-state index in [0.29, 0.717) is 11.3 Å². The number of nitrogens with two attached hydrogens (primary N) is 1. The Labute approximate surface area is 118 Å². The molecule has 0 saturated heterocycles. The Balaban J connectivity index is 2.33. The lowest BCUT2D eigenvalue weighted by molar-refractivity contribution is 0.439. The maximum Gasteiger partial charge on any atom is 0.166 e. The minimum atomic E-state index is -0.549. The van der Waals surface area contributed by atoms with E-state index in [1.807, 2.05) is 19.1 Å². The molecule has 0 bridgehead atoms. The quantitative estimate of drug-likeness (QED) is 0.663. The molecule has 98 valence electrons. The summed E-state index contributed by atoms with van der Waals surface area (Å²) in [5, 5.41) is 7.25. The van der Waals surface area contributed by atoms with E-state index >= 15 is 0 Å². The summed E-state index contributed by atoms with van der Waals surface area (Å²) in [4.78, 5) is 0. The third kappa shape index (κ3) is 3.12. The fourth-order valence-electron chi connectivity index (χ4n) is 1.55. The molecule has 2 rings (SSSR count). The molecule has 0 amide bonds. The van der Waals surface area contributed by atoms with E-state index in [2.05, 4.69) is 15.9 Å². The standard InChI is InChI=1S/C14H12BrFN2O/c1-8-2-4-10(15)7-13(8)19-12-5-3-9(14(17)18)6-11(12)16/h2-7H,1H3,(H3,17,18). The van der Waals surface area contributed by atoms with Crippen molar-refractivity contribution in [1.29, 1.82) is 5.41 Å². The van der Waals surface area contributed by atoms with Gasteiger partial charge in [-0.2, -0.15) is 0 Å². The number of nitrogen functional groups attached to an aromatic ring is 1. The van der Waals surface area contributed by atoms with Crippen LogP contribution in [0, 0.1) is 18.2 Å². The van der Waals surface area contributed by atoms with Gasteiger partial charge in [-0.05, 0) is 42.8 Å². The summed E-state index contributed by atoms with van der Waals surface area (Å²) in [6, 6.07) is 9.73. The van der Waals surface area contributed by atoms with Crippen LogP contribution < -0.4 is 10.5 Å². The van der Waals surface area contributed by atoms with Crippen LogP contribution in [-0.4, -0.2) is 5.84 Å². The van der Waals surface area contributed by atoms with Crippen LogP contribution in [0.15, 0.2) is 40.9 Å². The fourth-order valence-corrected chi connectivity index (χ4v) is 1.89. The fraction of sp³-hybridized carbons (Fsp3) is 0.0714. The molecule has 0 saturated carbocycles. The number of hydrogen-bond donors (Lipinski definition) is 2. The van der Waals surface area contributed by atoms with Gasteiger partial charge in [0.25, 0.3) is 0 Å². The Bertz CT molecular complexity index is 643. The average Bonchev–Trinajstić information content (AvgIpc) is 2.36. The highest BCUT2D eigenvalue weighted by Crippen LogP contribution is 2.30. The summed E-state index contributed by atoms with van der Waals surface area (Å²) in [6.07, 6.45) is 0. The number of halogens is 2. The Hall–Kier alpha value is -1.88. The highest BCUT2D eigenvalue weighted by molar-refractivity contribution is 9.10. The Morgan fingerprint density at radius 2 is 1.95 bits per heavy atom. The summed E-state index contributed by atoms with van der Waals surface area (Å²) in [7, 11) is 0. The first-order valence-electron chi connectivity index (χ1n) is 5.55. The molecule has 2 aromatic carbocycles. The molecule has 0 aliphatic carbocycles. The van der Waals surface area contributed by atoms with Crippen molar-refractivity contribution in [3.63, 3.8) is 0 Å². The maximum absolute atomic E-state index is 13.8. The van der Waals surface area contributed by atoms with Gasteiger partial charge in [-0.3, -0.25) is 5.41 Å². The van der Waals surface area contributed by atoms with Crippen molar-refractivity contribution in [3.05, 3.63) is 57.8 Å². The maximum atomic E-state index is 13.8. The zero-order valence-corrected chi connectivity index (χ0v) is 11.8. The molecule has 0 spiro atoms. The van der Waals surface area contributed by atoms with Crippen LogP contribution in [0.5, 0.6) is 11.5 Å². The topological polar surface area (TPSA) is 59.1 Å². The number of hydrogen-bond acceptors (Lipinski definition) is 2. The lowest BCUT2D eigenvalue weighted by Gasteiger charge is -2.10. The van der Waals surface area contributed by atoms with E-state index in [0.717, 1.165) is 10.0 Å². The number of benzene rings is 2. The summed E-state index contributed by atoms with van der Waals surface area (Å²) in [5.41, 5.74) is 6.53. The van der Waals surface area contributed by atoms with Gasteiger partial charge in [0.05, 0.1) is 0 Å². The van der Waals surface area contributed by atoms with Crippen LogP contribution in [0.2, 0.25) is 0 Å². The smallest absolute Gasteiger partial charge is 0.166 e. The second-order valence-corrected chi connectivity index (χ2v) is 4.99. The van der Waals surface area contributed by atoms with Crippen LogP contribution in [0.4, 0.5) is 4.39 Å². The van der Waals surface area contributed by atoms with Crippen molar-refractivity contribution in [2.45, 2.75) is 6.92 Å². The SMILES string of the molecule is Cc1ccc(Br)cc1Oc1ccc(C(=N)N)cc1F. The van der Waals surface area contributed by atoms with Crippen molar-refractivity contribution in [2.24, 2.45) is 5.73 Å². The van der Waals surface area contributed by atoms with Gasteiger partial charge in [-0.25, -0.2) is 4.39 Å². The molecule has 0 unspecified atom stereocenters. The van der Waals surface area contributed by atoms with Crippen LogP contribution in [0.1, 0.15) is 11.1 Å². The Morgan fingerprint density at radius 1 is 1.21 bits per heavy atom. The van der Waals surface area contributed by atoms with Crippen molar-refractivity contribution < 1.29 is 9.13 Å². The van der Waals surface area contributed by atoms with Gasteiger partial charge in [0.2, 0.25) is 0 Å². The largest absolute Gasteiger partial charge is 0.454 e. The van der Waals surface area contributed by atoms with Gasteiger partial charge in [0.1, 0.15) is 11.6 Å². The zero-order valence-electron chi connectivity index (χ0n) is 10.2. The molecule has 3 nitrogen and oxygen atoms in total. The molecule has 0 atom stereocenters. The number of amidine groups is 1. The molecule has 0 aromatic heterocycles. The third-order valence-electron chi connectivity index (χ3n) is 2.61. The molecule has 3 N–H and O–H groups in total. The Morgan fingerprint density at radius 3 is 2.58 bits per heavy atom. The highest BCUT2D eigenvalue weighted by Gasteiger charge is 2.09. The van der Waals surface area contributed by atoms with Crippen molar-refractivity contribution in [3.8, 4) is 11.5 Å². The van der Waals surface area contributed by atoms with Crippen LogP contribution in [-0.2, 0) is 0 Å². The first-order chi connectivity index (χ1) is 8.97. The molecule has 0 fully saturated rings. The monoisotopic (exact) mass is 322 g/mol. The lowest BCUT2D eigenvalue weighted by atomic mass is 10.2. The minimum absolute atomic E-state index is 0.103. The van der Waals surface area contributed by atoms with Gasteiger partial charge in [-0.1, -0.05) is 22.0 Å². The first-order valence-corrected chi connectivity index (χ1v) is 6.34. The van der Waals surface area contributed by atoms with Crippen molar-refractivity contribution in [2.75, 3.05) is 0 Å². The summed E-state index contributed by atoms with van der Waals surface area (Å²) in [5.74, 6) is -0.0498. The predicted molar refractivity (Wildman–Crippen MR) is 76.4 cm³/mol. The van der Waals surface area contributed by atoms with Gasteiger partial charge in [0.15, 0.2) is 11.6 Å². The molecule has 19 heavy (non-hydrogen) atoms. The molecular formula is C14H12BrFN2O. The molecule has 0 aliphatic rings. The van der Waals surface area contributed by atoms with E-state index in [-0.39, 0.29) is 11.6 Å². The second kappa shape index (κ2) is 5.40. The molecule has 5 heteroatoms. The average molecular weight is 323 g/mol. The van der Waals surface area contributed by atoms with Gasteiger partial charge < -0.3 is 10.5 Å². The van der Waals surface area contributed by atoms with Crippen molar-refractivity contribution in [1.82, 2.24) is 0 Å². The predicted octanol–water partition coefficient (Wildman–Crippen LogP) is 3.97. The summed E-state index contributed by atoms with van der Waals surface area (Å²) in [6.45, 7) is 1.88. The van der Waals surface area contributed by atoms with E-state index in [4.69, 9.17) is 15.9 Å². The summed E-state index contributed by atoms with van der Waals surface area (Å²) >= 11 is 3.34. The second-order valence-electron chi connectivity index (χ2n) is 4.07. The molecule has 2 aromatic rings. The van der Waals surface area contributed by atoms with Gasteiger partial charge in [-0.15, -0.1) is 0 Å². The van der Waals surface area contributed by atoms with Gasteiger partial charge >= 0.3 is 0 Å². The molecule has 0 aliphatic heterocycles. The van der Waals surface area contributed by atoms with Crippen LogP contribution in [0.3, 0.4) is 0 Å². The van der Waals surface area contributed by atoms with E-state index < -0.39 is 5.82 Å². The van der Waals surface area contributed by atoms with E-state index in [9.17, 15) is 4.39 Å². The van der Waals surface area contributed by atoms with Crippen LogP contribution in [0.25, 0.3) is 0 Å². The number of ether oxygens (including phenoxy) is 1. The highest BCUT2D eigenvalue weighted by atomic mass is 79.9. The first kappa shape index (κ1) is 13.5. The molecular weight excluding hydrogens is 311 g/mol. The summed E-state index contributed by atoms with van der Waals surface area (Å²) < 4.78 is 20.2. The number of rotatable bonds is 3. The number of nitrogens with one attached hydrogen (secondary N) is 1. The van der Waals surface area contributed by atoms with Crippen LogP contribution >= 0.6 is 15.9 Å². The normalized spacial score (nSPS) is 10.3. The van der Waals surface area contributed by atoms with Crippen molar-refractivity contribution >= 4 is 21.8 Å². The lowest BCUT2D eigenvalue weighted by Crippen LogP contribution is -2.11. The van der Waals surface area contributed by atoms with Gasteiger partial charge in [0, 0.05) is 10.0 Å². The van der Waals surface area contributed by atoms with E-state index in [1.54, 1.807) is 12.1 Å². The zero-order chi connectivity index (χ0) is 14.0. The number of aryl methyl sites for hydroxylation is 1. The molecule has 0 heterocycles. The third-order valence-corrected chi connectivity index (χ3v) is 3.11. The van der Waals surface area contributed by atoms with E-state index in [1.165, 1.54) is 12.1 Å².